The number of phenolic OH excluding ortho intramolecular Hbond substituents is 1. The van der Waals surface area contributed by atoms with Crippen molar-refractivity contribution in [1.29, 1.82) is 0 Å². The second-order valence-corrected chi connectivity index (χ2v) is 4.43. The molecule has 0 atom stereocenters. The van der Waals surface area contributed by atoms with Crippen LogP contribution in [0.3, 0.4) is 0 Å². The topological polar surface area (TPSA) is 50.9 Å². The van der Waals surface area contributed by atoms with Gasteiger partial charge in [0.15, 0.2) is 0 Å². The Hall–Kier alpha value is -2.36. The number of aromatic hydroxyl groups is 1. The van der Waals surface area contributed by atoms with Crippen LogP contribution < -0.4 is 0 Å². The third kappa shape index (κ3) is 1.62. The Labute approximate surface area is 104 Å². The van der Waals surface area contributed by atoms with Crippen molar-refractivity contribution < 1.29 is 5.11 Å². The van der Waals surface area contributed by atoms with Gasteiger partial charge in [-0.2, -0.15) is 0 Å². The maximum Gasteiger partial charge on any atom is 0.146 e. The van der Waals surface area contributed by atoms with Crippen molar-refractivity contribution in [3.8, 4) is 11.4 Å². The van der Waals surface area contributed by atoms with Crippen LogP contribution in [0.15, 0.2) is 36.4 Å². The maximum atomic E-state index is 10.1. The van der Waals surface area contributed by atoms with E-state index in [1.54, 1.807) is 0 Å². The highest BCUT2D eigenvalue weighted by molar-refractivity contribution is 5.73. The molecule has 0 fully saturated rings. The van der Waals surface area contributed by atoms with Gasteiger partial charge in [0.2, 0.25) is 0 Å². The van der Waals surface area contributed by atoms with Gasteiger partial charge in [-0.1, -0.05) is 18.2 Å². The van der Waals surface area contributed by atoms with E-state index in [2.05, 4.69) is 10.2 Å². The van der Waals surface area contributed by atoms with Crippen molar-refractivity contribution in [3.63, 3.8) is 0 Å². The second kappa shape index (κ2) is 3.84. The maximum absolute atomic E-state index is 10.1. The van der Waals surface area contributed by atoms with Gasteiger partial charge in [0, 0.05) is 0 Å². The molecular formula is C14H13N3O. The van der Waals surface area contributed by atoms with Crippen LogP contribution in [-0.4, -0.2) is 20.1 Å². The van der Waals surface area contributed by atoms with Crippen molar-refractivity contribution >= 4 is 11.0 Å². The Morgan fingerprint density at radius 3 is 2.22 bits per heavy atom. The number of nitrogens with zero attached hydrogens (tertiary/aromatic N) is 3. The van der Waals surface area contributed by atoms with Crippen molar-refractivity contribution in [3.05, 3.63) is 47.5 Å². The van der Waals surface area contributed by atoms with Gasteiger partial charge < -0.3 is 5.11 Å². The Bertz CT molecular complexity index is 698. The Morgan fingerprint density at radius 2 is 1.61 bits per heavy atom. The molecule has 3 aromatic rings. The summed E-state index contributed by atoms with van der Waals surface area (Å²) in [7, 11) is 0. The van der Waals surface area contributed by atoms with Crippen molar-refractivity contribution in [2.75, 3.05) is 0 Å². The van der Waals surface area contributed by atoms with Crippen molar-refractivity contribution in [1.82, 2.24) is 15.0 Å². The molecule has 0 bridgehead atoms. The van der Waals surface area contributed by atoms with Gasteiger partial charge in [-0.15, -0.1) is 15.0 Å². The number of hydrogen-bond donors (Lipinski definition) is 1. The van der Waals surface area contributed by atoms with Crippen LogP contribution in [0.25, 0.3) is 16.7 Å². The van der Waals surface area contributed by atoms with Crippen molar-refractivity contribution in [2.45, 2.75) is 13.8 Å². The van der Waals surface area contributed by atoms with Crippen LogP contribution in [0.2, 0.25) is 0 Å². The number of aryl methyl sites for hydroxylation is 2. The molecular weight excluding hydrogens is 226 g/mol. The monoisotopic (exact) mass is 239 g/mol. The molecule has 0 aliphatic carbocycles. The minimum atomic E-state index is 0.223. The lowest BCUT2D eigenvalue weighted by molar-refractivity contribution is 0.463. The van der Waals surface area contributed by atoms with Gasteiger partial charge in [-0.3, -0.25) is 0 Å². The molecule has 0 saturated carbocycles. The third-order valence-corrected chi connectivity index (χ3v) is 2.93. The second-order valence-electron chi connectivity index (χ2n) is 4.43. The van der Waals surface area contributed by atoms with E-state index < -0.39 is 0 Å². The SMILES string of the molecule is Cc1cc(C)c(O)c(-n2nc3ccccc3n2)c1. The molecule has 0 spiro atoms. The summed E-state index contributed by atoms with van der Waals surface area (Å²) < 4.78 is 0. The highest BCUT2D eigenvalue weighted by Gasteiger charge is 2.10. The Balaban J connectivity index is 2.26. The minimum Gasteiger partial charge on any atom is -0.505 e. The molecule has 0 radical (unpaired) electrons. The third-order valence-electron chi connectivity index (χ3n) is 2.93. The van der Waals surface area contributed by atoms with Crippen LogP contribution in [0.1, 0.15) is 11.1 Å². The summed E-state index contributed by atoms with van der Waals surface area (Å²) >= 11 is 0. The predicted octanol–water partition coefficient (Wildman–Crippen LogP) is 2.74. The average molecular weight is 239 g/mol. The minimum absolute atomic E-state index is 0.223. The van der Waals surface area contributed by atoms with E-state index in [0.29, 0.717) is 5.69 Å². The van der Waals surface area contributed by atoms with E-state index in [9.17, 15) is 5.11 Å². The van der Waals surface area contributed by atoms with Crippen LogP contribution in [0, 0.1) is 13.8 Å². The van der Waals surface area contributed by atoms with E-state index in [4.69, 9.17) is 0 Å². The molecule has 0 aliphatic heterocycles. The molecule has 2 aromatic carbocycles. The summed E-state index contributed by atoms with van der Waals surface area (Å²) in [5, 5.41) is 18.8. The van der Waals surface area contributed by atoms with E-state index in [-0.39, 0.29) is 5.75 Å². The quantitative estimate of drug-likeness (QED) is 0.710. The lowest BCUT2D eigenvalue weighted by atomic mass is 10.1. The predicted molar refractivity (Wildman–Crippen MR) is 70.0 cm³/mol. The van der Waals surface area contributed by atoms with Crippen LogP contribution in [0.5, 0.6) is 5.75 Å². The zero-order valence-corrected chi connectivity index (χ0v) is 10.3. The highest BCUT2D eigenvalue weighted by atomic mass is 16.3. The normalized spacial score (nSPS) is 11.0. The van der Waals surface area contributed by atoms with Gasteiger partial charge in [0.25, 0.3) is 0 Å². The number of hydrogen-bond acceptors (Lipinski definition) is 3. The molecule has 4 nitrogen and oxygen atoms in total. The first-order valence-electron chi connectivity index (χ1n) is 5.78. The number of benzene rings is 2. The number of fused-ring (bicyclic) bond motifs is 1. The molecule has 0 aliphatic rings. The van der Waals surface area contributed by atoms with Gasteiger partial charge in [0.1, 0.15) is 22.5 Å². The zero-order valence-electron chi connectivity index (χ0n) is 10.3. The number of rotatable bonds is 1. The van der Waals surface area contributed by atoms with E-state index in [0.717, 1.165) is 22.2 Å². The fraction of sp³-hybridized carbons (Fsp3) is 0.143. The lowest BCUT2D eigenvalue weighted by Gasteiger charge is -2.07. The van der Waals surface area contributed by atoms with Crippen LogP contribution in [0.4, 0.5) is 0 Å². The molecule has 90 valence electrons. The Kier molecular flexibility index (Phi) is 2.30. The lowest BCUT2D eigenvalue weighted by Crippen LogP contribution is -2.00. The van der Waals surface area contributed by atoms with Gasteiger partial charge in [0.05, 0.1) is 0 Å². The van der Waals surface area contributed by atoms with E-state index in [1.807, 2.05) is 50.2 Å². The van der Waals surface area contributed by atoms with Crippen LogP contribution >= 0.6 is 0 Å². The number of phenols is 1. The van der Waals surface area contributed by atoms with E-state index in [1.165, 1.54) is 4.80 Å². The summed E-state index contributed by atoms with van der Waals surface area (Å²) in [5.74, 6) is 0.223. The number of aromatic nitrogens is 3. The van der Waals surface area contributed by atoms with Gasteiger partial charge >= 0.3 is 0 Å². The molecule has 4 heteroatoms. The molecule has 3 rings (SSSR count). The molecule has 0 saturated heterocycles. The van der Waals surface area contributed by atoms with Gasteiger partial charge in [-0.25, -0.2) is 0 Å². The first-order chi connectivity index (χ1) is 8.65. The standard InChI is InChI=1S/C14H13N3O/c1-9-7-10(2)14(18)13(8-9)17-15-11-5-3-4-6-12(11)16-17/h3-8,18H,1-2H3. The molecule has 1 aromatic heterocycles. The Morgan fingerprint density at radius 1 is 1.00 bits per heavy atom. The molecule has 18 heavy (non-hydrogen) atoms. The molecule has 1 N–H and O–H groups in total. The molecule has 0 unspecified atom stereocenters. The summed E-state index contributed by atoms with van der Waals surface area (Å²) in [5.41, 5.74) is 4.14. The average Bonchev–Trinajstić information content (AvgIpc) is 2.77. The summed E-state index contributed by atoms with van der Waals surface area (Å²) in [6, 6.07) is 11.5. The zero-order chi connectivity index (χ0) is 12.7. The fourth-order valence-electron chi connectivity index (χ4n) is 2.06. The van der Waals surface area contributed by atoms with Crippen LogP contribution in [-0.2, 0) is 0 Å². The largest absolute Gasteiger partial charge is 0.505 e. The fourth-order valence-corrected chi connectivity index (χ4v) is 2.06. The summed E-state index contributed by atoms with van der Waals surface area (Å²) in [6.07, 6.45) is 0. The van der Waals surface area contributed by atoms with Crippen molar-refractivity contribution in [2.24, 2.45) is 0 Å². The first kappa shape index (κ1) is 10.8. The van der Waals surface area contributed by atoms with Gasteiger partial charge in [-0.05, 0) is 43.2 Å². The summed E-state index contributed by atoms with van der Waals surface area (Å²) in [6.45, 7) is 3.86. The highest BCUT2D eigenvalue weighted by Crippen LogP contribution is 2.26. The van der Waals surface area contributed by atoms with E-state index >= 15 is 0 Å². The smallest absolute Gasteiger partial charge is 0.146 e. The molecule has 0 amide bonds. The first-order valence-corrected chi connectivity index (χ1v) is 5.78. The summed E-state index contributed by atoms with van der Waals surface area (Å²) in [4.78, 5) is 1.49. The molecule has 1 heterocycles.